The molecule has 0 radical (unpaired) electrons. The van der Waals surface area contributed by atoms with E-state index in [1.54, 1.807) is 0 Å². The van der Waals surface area contributed by atoms with Gasteiger partial charge in [0.05, 0.1) is 5.84 Å². The summed E-state index contributed by atoms with van der Waals surface area (Å²) in [5.74, 6) is 1.39. The molecule has 0 aromatic carbocycles. The first kappa shape index (κ1) is 13.5. The van der Waals surface area contributed by atoms with Gasteiger partial charge in [-0.1, -0.05) is 27.7 Å². The van der Waals surface area contributed by atoms with Crippen LogP contribution in [0.2, 0.25) is 0 Å². The van der Waals surface area contributed by atoms with E-state index < -0.39 is 0 Å². The summed E-state index contributed by atoms with van der Waals surface area (Å²) in [7, 11) is 0. The minimum atomic E-state index is 0.00731. The zero-order chi connectivity index (χ0) is 12.2. The maximum Gasteiger partial charge on any atom is 0.0991 e. The Morgan fingerprint density at radius 2 is 1.88 bits per heavy atom. The fraction of sp³-hybridized carbons (Fsp3) is 0.923. The minimum Gasteiger partial charge on any atom is -0.387 e. The van der Waals surface area contributed by atoms with Crippen LogP contribution < -0.4 is 5.73 Å². The minimum absolute atomic E-state index is 0.00731. The third-order valence-electron chi connectivity index (χ3n) is 3.11. The van der Waals surface area contributed by atoms with Crippen molar-refractivity contribution in [2.75, 3.05) is 26.2 Å². The van der Waals surface area contributed by atoms with Crippen LogP contribution in [0.15, 0.2) is 4.99 Å². The molecule has 1 aliphatic rings. The quantitative estimate of drug-likeness (QED) is 0.588. The van der Waals surface area contributed by atoms with Gasteiger partial charge in [-0.05, 0) is 31.8 Å². The second-order valence-corrected chi connectivity index (χ2v) is 6.09. The van der Waals surface area contributed by atoms with Crippen LogP contribution in [0.5, 0.6) is 0 Å². The normalized spacial score (nSPS) is 21.4. The third-order valence-corrected chi connectivity index (χ3v) is 3.11. The molecule has 0 bridgehead atoms. The molecule has 2 N–H and O–H groups in total. The summed E-state index contributed by atoms with van der Waals surface area (Å²) in [6.45, 7) is 13.1. The molecule has 1 saturated heterocycles. The molecular formula is C13H27N3. The Labute approximate surface area is 100 Å². The van der Waals surface area contributed by atoms with Crippen molar-refractivity contribution in [3.8, 4) is 0 Å². The van der Waals surface area contributed by atoms with Gasteiger partial charge >= 0.3 is 0 Å². The fourth-order valence-electron chi connectivity index (χ4n) is 1.96. The number of nitrogens with two attached hydrogens (primary N) is 1. The van der Waals surface area contributed by atoms with Crippen LogP contribution in [0.3, 0.4) is 0 Å². The molecule has 0 spiro atoms. The molecular weight excluding hydrogens is 198 g/mol. The van der Waals surface area contributed by atoms with Gasteiger partial charge in [-0.3, -0.25) is 4.99 Å². The Kier molecular flexibility index (Phi) is 4.78. The molecule has 0 aromatic rings. The number of likely N-dealkylation sites (tertiary alicyclic amines) is 1. The first-order valence-corrected chi connectivity index (χ1v) is 6.42. The van der Waals surface area contributed by atoms with Gasteiger partial charge in [-0.2, -0.15) is 0 Å². The molecule has 0 aliphatic carbocycles. The van der Waals surface area contributed by atoms with Gasteiger partial charge in [0.25, 0.3) is 0 Å². The van der Waals surface area contributed by atoms with E-state index in [0.717, 1.165) is 12.4 Å². The molecule has 94 valence electrons. The van der Waals surface area contributed by atoms with Crippen molar-refractivity contribution in [2.45, 2.75) is 40.5 Å². The van der Waals surface area contributed by atoms with Gasteiger partial charge in [0, 0.05) is 18.5 Å². The van der Waals surface area contributed by atoms with E-state index in [1.165, 1.54) is 32.5 Å². The average molecular weight is 225 g/mol. The highest BCUT2D eigenvalue weighted by atomic mass is 15.1. The van der Waals surface area contributed by atoms with Crippen molar-refractivity contribution in [1.29, 1.82) is 0 Å². The monoisotopic (exact) mass is 225 g/mol. The van der Waals surface area contributed by atoms with Gasteiger partial charge in [0.1, 0.15) is 0 Å². The first-order chi connectivity index (χ1) is 7.39. The SMILES string of the molecule is CC(CN=C(N)C(C)(C)C)CN1CCCC1. The van der Waals surface area contributed by atoms with E-state index >= 15 is 0 Å². The number of hydrogen-bond acceptors (Lipinski definition) is 2. The Morgan fingerprint density at radius 1 is 1.31 bits per heavy atom. The van der Waals surface area contributed by atoms with E-state index in [2.05, 4.69) is 37.6 Å². The maximum absolute atomic E-state index is 5.94. The number of aliphatic imine (C=N–C) groups is 1. The molecule has 1 unspecified atom stereocenters. The summed E-state index contributed by atoms with van der Waals surface area (Å²) in [6.07, 6.45) is 2.72. The zero-order valence-corrected chi connectivity index (χ0v) is 11.3. The largest absolute Gasteiger partial charge is 0.387 e. The smallest absolute Gasteiger partial charge is 0.0991 e. The van der Waals surface area contributed by atoms with Crippen LogP contribution in [0, 0.1) is 11.3 Å². The second kappa shape index (κ2) is 5.67. The molecule has 3 nitrogen and oxygen atoms in total. The van der Waals surface area contributed by atoms with Gasteiger partial charge in [-0.15, -0.1) is 0 Å². The number of nitrogens with zero attached hydrogens (tertiary/aromatic N) is 2. The predicted octanol–water partition coefficient (Wildman–Crippen LogP) is 2.12. The summed E-state index contributed by atoms with van der Waals surface area (Å²) in [5, 5.41) is 0. The molecule has 1 fully saturated rings. The van der Waals surface area contributed by atoms with Crippen LogP contribution >= 0.6 is 0 Å². The van der Waals surface area contributed by atoms with E-state index in [0.29, 0.717) is 5.92 Å². The summed E-state index contributed by atoms with van der Waals surface area (Å²) in [6, 6.07) is 0. The van der Waals surface area contributed by atoms with Crippen molar-refractivity contribution in [2.24, 2.45) is 22.1 Å². The first-order valence-electron chi connectivity index (χ1n) is 6.42. The Balaban J connectivity index is 2.31. The van der Waals surface area contributed by atoms with Gasteiger partial charge in [0.2, 0.25) is 0 Å². The van der Waals surface area contributed by atoms with Crippen LogP contribution in [0.4, 0.5) is 0 Å². The number of amidine groups is 1. The molecule has 0 saturated carbocycles. The van der Waals surface area contributed by atoms with E-state index in [9.17, 15) is 0 Å². The van der Waals surface area contributed by atoms with E-state index in [-0.39, 0.29) is 5.41 Å². The Hall–Kier alpha value is -0.570. The number of rotatable bonds is 4. The highest BCUT2D eigenvalue weighted by Crippen LogP contribution is 2.14. The lowest BCUT2D eigenvalue weighted by atomic mass is 9.95. The molecule has 16 heavy (non-hydrogen) atoms. The topological polar surface area (TPSA) is 41.6 Å². The lowest BCUT2D eigenvalue weighted by Crippen LogP contribution is -2.31. The maximum atomic E-state index is 5.94. The van der Waals surface area contributed by atoms with Crippen molar-refractivity contribution in [3.05, 3.63) is 0 Å². The summed E-state index contributed by atoms with van der Waals surface area (Å²) >= 11 is 0. The molecule has 0 aromatic heterocycles. The van der Waals surface area contributed by atoms with Crippen LogP contribution in [-0.2, 0) is 0 Å². The van der Waals surface area contributed by atoms with E-state index in [1.807, 2.05) is 0 Å². The highest BCUT2D eigenvalue weighted by Gasteiger charge is 2.17. The Bertz CT molecular complexity index is 234. The second-order valence-electron chi connectivity index (χ2n) is 6.09. The molecule has 1 aliphatic heterocycles. The standard InChI is InChI=1S/C13H27N3/c1-11(10-16-7-5-6-8-16)9-15-12(14)13(2,3)4/h11H,5-10H2,1-4H3,(H2,14,15). The Morgan fingerprint density at radius 3 is 2.38 bits per heavy atom. The zero-order valence-electron chi connectivity index (χ0n) is 11.3. The highest BCUT2D eigenvalue weighted by molar-refractivity contribution is 5.85. The third kappa shape index (κ3) is 4.52. The summed E-state index contributed by atoms with van der Waals surface area (Å²) in [5.41, 5.74) is 5.95. The van der Waals surface area contributed by atoms with Gasteiger partial charge in [-0.25, -0.2) is 0 Å². The molecule has 1 atom stereocenters. The predicted molar refractivity (Wildman–Crippen MR) is 70.8 cm³/mol. The van der Waals surface area contributed by atoms with Gasteiger partial charge in [0.15, 0.2) is 0 Å². The average Bonchev–Trinajstić information content (AvgIpc) is 2.65. The fourth-order valence-corrected chi connectivity index (χ4v) is 1.96. The molecule has 1 rings (SSSR count). The summed E-state index contributed by atoms with van der Waals surface area (Å²) < 4.78 is 0. The summed E-state index contributed by atoms with van der Waals surface area (Å²) in [4.78, 5) is 7.04. The van der Waals surface area contributed by atoms with Gasteiger partial charge < -0.3 is 10.6 Å². The molecule has 1 heterocycles. The van der Waals surface area contributed by atoms with Crippen molar-refractivity contribution >= 4 is 5.84 Å². The van der Waals surface area contributed by atoms with Crippen molar-refractivity contribution in [3.63, 3.8) is 0 Å². The molecule has 3 heteroatoms. The van der Waals surface area contributed by atoms with Crippen LogP contribution in [0.25, 0.3) is 0 Å². The van der Waals surface area contributed by atoms with E-state index in [4.69, 9.17) is 5.73 Å². The van der Waals surface area contributed by atoms with Crippen molar-refractivity contribution in [1.82, 2.24) is 4.90 Å². The van der Waals surface area contributed by atoms with Crippen LogP contribution in [-0.4, -0.2) is 36.9 Å². The number of hydrogen-bond donors (Lipinski definition) is 1. The van der Waals surface area contributed by atoms with Crippen molar-refractivity contribution < 1.29 is 0 Å². The lowest BCUT2D eigenvalue weighted by Gasteiger charge is -2.21. The lowest BCUT2D eigenvalue weighted by molar-refractivity contribution is 0.291. The molecule has 0 amide bonds. The van der Waals surface area contributed by atoms with Crippen LogP contribution in [0.1, 0.15) is 40.5 Å².